The van der Waals surface area contributed by atoms with Gasteiger partial charge >= 0.3 is 12.2 Å². The van der Waals surface area contributed by atoms with E-state index in [0.29, 0.717) is 34.0 Å². The van der Waals surface area contributed by atoms with Gasteiger partial charge in [0.1, 0.15) is 16.8 Å². The molecule has 9 nitrogen and oxygen atoms in total. The molecule has 0 atom stereocenters. The van der Waals surface area contributed by atoms with E-state index in [1.807, 2.05) is 0 Å². The molecule has 3 heterocycles. The fourth-order valence-electron chi connectivity index (χ4n) is 3.99. The summed E-state index contributed by atoms with van der Waals surface area (Å²) in [5.41, 5.74) is 0.914. The van der Waals surface area contributed by atoms with Crippen molar-refractivity contribution in [1.82, 2.24) is 14.5 Å². The monoisotopic (exact) mass is 477 g/mol. The van der Waals surface area contributed by atoms with Crippen LogP contribution >= 0.6 is 0 Å². The number of pyridine rings is 1. The van der Waals surface area contributed by atoms with Crippen LogP contribution < -0.4 is 0 Å². The highest BCUT2D eigenvalue weighted by Gasteiger charge is 2.38. The third-order valence-corrected chi connectivity index (χ3v) is 5.30. The van der Waals surface area contributed by atoms with E-state index in [1.54, 1.807) is 72.1 Å². The molecule has 0 bridgehead atoms. The Bertz CT molecular complexity index is 1370. The Labute approximate surface area is 202 Å². The van der Waals surface area contributed by atoms with Crippen LogP contribution in [0.15, 0.2) is 36.7 Å². The number of nitrogens with zero attached hydrogens (tertiary/aromatic N) is 3. The standard InChI is InChI=1S/C26H27N3O6/c1-25(2,3)34-23(32)28-12-18(17-8-7-11-27-21(17)28)16-10-9-15(14-30)20-19(16)13-29(22(20)31)24(33)35-26(4,5)6/h7-12,14H,13H2,1-6H3. The number of aromatic nitrogens is 2. The Morgan fingerprint density at radius 3 is 2.26 bits per heavy atom. The summed E-state index contributed by atoms with van der Waals surface area (Å²) in [6.07, 6.45) is 2.37. The maximum Gasteiger partial charge on any atom is 0.420 e. The molecule has 0 aliphatic carbocycles. The van der Waals surface area contributed by atoms with E-state index >= 15 is 0 Å². The number of benzene rings is 1. The number of carbonyl (C=O) groups is 4. The van der Waals surface area contributed by atoms with E-state index in [2.05, 4.69) is 4.98 Å². The molecule has 9 heteroatoms. The number of rotatable bonds is 2. The van der Waals surface area contributed by atoms with E-state index in [-0.39, 0.29) is 17.7 Å². The van der Waals surface area contributed by atoms with E-state index in [4.69, 9.17) is 9.47 Å². The first-order valence-corrected chi connectivity index (χ1v) is 11.2. The van der Waals surface area contributed by atoms with Crippen LogP contribution in [0.3, 0.4) is 0 Å². The molecule has 0 N–H and O–H groups in total. The summed E-state index contributed by atoms with van der Waals surface area (Å²) in [6, 6.07) is 6.78. The van der Waals surface area contributed by atoms with Crippen molar-refractivity contribution in [3.63, 3.8) is 0 Å². The summed E-state index contributed by atoms with van der Waals surface area (Å²) < 4.78 is 12.3. The molecule has 35 heavy (non-hydrogen) atoms. The number of hydrogen-bond donors (Lipinski definition) is 0. The molecule has 1 aliphatic rings. The maximum absolute atomic E-state index is 13.2. The summed E-state index contributed by atoms with van der Waals surface area (Å²) in [7, 11) is 0. The Balaban J connectivity index is 1.86. The van der Waals surface area contributed by atoms with Gasteiger partial charge in [0, 0.05) is 28.9 Å². The third kappa shape index (κ3) is 4.53. The van der Waals surface area contributed by atoms with Crippen LogP contribution in [0.4, 0.5) is 9.59 Å². The topological polar surface area (TPSA) is 108 Å². The smallest absolute Gasteiger partial charge is 0.420 e. The summed E-state index contributed by atoms with van der Waals surface area (Å²) in [5, 5.41) is 0.655. The predicted molar refractivity (Wildman–Crippen MR) is 128 cm³/mol. The normalized spacial score (nSPS) is 13.7. The van der Waals surface area contributed by atoms with Gasteiger partial charge in [0.15, 0.2) is 6.29 Å². The highest BCUT2D eigenvalue weighted by molar-refractivity contribution is 6.13. The number of amides is 2. The van der Waals surface area contributed by atoms with Gasteiger partial charge in [-0.15, -0.1) is 0 Å². The van der Waals surface area contributed by atoms with Crippen LogP contribution in [0, 0.1) is 0 Å². The van der Waals surface area contributed by atoms with Gasteiger partial charge in [0.25, 0.3) is 5.91 Å². The molecule has 0 fully saturated rings. The SMILES string of the molecule is CC(C)(C)OC(=O)N1Cc2c(-c3cn(C(=O)OC(C)(C)C)c4ncccc34)ccc(C=O)c2C1=O. The Morgan fingerprint density at radius 2 is 1.63 bits per heavy atom. The predicted octanol–water partition coefficient (Wildman–Crippen LogP) is 5.19. The van der Waals surface area contributed by atoms with Crippen molar-refractivity contribution >= 4 is 35.4 Å². The lowest BCUT2D eigenvalue weighted by atomic mass is 9.94. The molecular formula is C26H27N3O6. The van der Waals surface area contributed by atoms with E-state index in [0.717, 1.165) is 4.90 Å². The summed E-state index contributed by atoms with van der Waals surface area (Å²) in [5.74, 6) is -0.604. The zero-order chi connectivity index (χ0) is 25.7. The number of fused-ring (bicyclic) bond motifs is 2. The van der Waals surface area contributed by atoms with Crippen LogP contribution in [0.1, 0.15) is 67.8 Å². The molecule has 0 saturated carbocycles. The minimum absolute atomic E-state index is 0.0700. The van der Waals surface area contributed by atoms with E-state index in [1.165, 1.54) is 10.6 Å². The second-order valence-electron chi connectivity index (χ2n) is 10.3. The molecule has 2 aromatic heterocycles. The summed E-state index contributed by atoms with van der Waals surface area (Å²) in [4.78, 5) is 55.9. The van der Waals surface area contributed by atoms with Crippen molar-refractivity contribution in [2.45, 2.75) is 59.3 Å². The van der Waals surface area contributed by atoms with Crippen molar-refractivity contribution in [2.75, 3.05) is 0 Å². The van der Waals surface area contributed by atoms with Gasteiger partial charge in [-0.25, -0.2) is 24.0 Å². The van der Waals surface area contributed by atoms with Gasteiger partial charge in [-0.05, 0) is 64.8 Å². The van der Waals surface area contributed by atoms with Gasteiger partial charge in [0.2, 0.25) is 0 Å². The second kappa shape index (κ2) is 8.33. The number of hydrogen-bond acceptors (Lipinski definition) is 7. The number of ether oxygens (including phenoxy) is 2. The van der Waals surface area contributed by atoms with Gasteiger partial charge < -0.3 is 9.47 Å². The average molecular weight is 478 g/mol. The minimum Gasteiger partial charge on any atom is -0.443 e. The van der Waals surface area contributed by atoms with Gasteiger partial charge in [0.05, 0.1) is 12.1 Å². The highest BCUT2D eigenvalue weighted by Crippen LogP contribution is 2.38. The molecule has 1 aliphatic heterocycles. The zero-order valence-corrected chi connectivity index (χ0v) is 20.5. The van der Waals surface area contributed by atoms with Crippen molar-refractivity contribution in [2.24, 2.45) is 0 Å². The average Bonchev–Trinajstić information content (AvgIpc) is 3.30. The van der Waals surface area contributed by atoms with Gasteiger partial charge in [-0.3, -0.25) is 9.59 Å². The second-order valence-corrected chi connectivity index (χ2v) is 10.3. The Morgan fingerprint density at radius 1 is 0.971 bits per heavy atom. The van der Waals surface area contributed by atoms with Crippen molar-refractivity contribution in [1.29, 1.82) is 0 Å². The summed E-state index contributed by atoms with van der Waals surface area (Å²) >= 11 is 0. The molecule has 0 spiro atoms. The minimum atomic E-state index is -0.797. The molecule has 0 saturated heterocycles. The fourth-order valence-corrected chi connectivity index (χ4v) is 3.99. The molecule has 182 valence electrons. The van der Waals surface area contributed by atoms with Gasteiger partial charge in [-0.2, -0.15) is 0 Å². The molecule has 0 radical (unpaired) electrons. The summed E-state index contributed by atoms with van der Waals surface area (Å²) in [6.45, 7) is 10.4. The molecule has 2 amide bonds. The lowest BCUT2D eigenvalue weighted by Gasteiger charge is -2.23. The van der Waals surface area contributed by atoms with Crippen LogP contribution in [-0.4, -0.2) is 50.0 Å². The first-order valence-electron chi connectivity index (χ1n) is 11.2. The first kappa shape index (κ1) is 24.1. The lowest BCUT2D eigenvalue weighted by Crippen LogP contribution is -2.37. The van der Waals surface area contributed by atoms with Crippen LogP contribution in [0.5, 0.6) is 0 Å². The largest absolute Gasteiger partial charge is 0.443 e. The molecule has 3 aromatic rings. The third-order valence-electron chi connectivity index (χ3n) is 5.30. The van der Waals surface area contributed by atoms with Crippen molar-refractivity contribution < 1.29 is 28.7 Å². The Kier molecular flexibility index (Phi) is 5.75. The van der Waals surface area contributed by atoms with Crippen LogP contribution in [0.2, 0.25) is 0 Å². The highest BCUT2D eigenvalue weighted by atomic mass is 16.6. The molecule has 1 aromatic carbocycles. The van der Waals surface area contributed by atoms with Crippen LogP contribution in [-0.2, 0) is 16.0 Å². The number of imide groups is 1. The van der Waals surface area contributed by atoms with E-state index < -0.39 is 29.3 Å². The zero-order valence-electron chi connectivity index (χ0n) is 20.5. The maximum atomic E-state index is 13.2. The van der Waals surface area contributed by atoms with Crippen molar-refractivity contribution in [3.8, 4) is 11.1 Å². The van der Waals surface area contributed by atoms with Gasteiger partial charge in [-0.1, -0.05) is 12.1 Å². The first-order chi connectivity index (χ1) is 16.3. The fraction of sp³-hybridized carbons (Fsp3) is 0.346. The molecular weight excluding hydrogens is 450 g/mol. The quantitative estimate of drug-likeness (QED) is 0.467. The van der Waals surface area contributed by atoms with E-state index in [9.17, 15) is 19.2 Å². The molecule has 4 rings (SSSR count). The molecule has 0 unspecified atom stereocenters. The Hall–Kier alpha value is -4.01. The lowest BCUT2D eigenvalue weighted by molar-refractivity contribution is 0.0247. The van der Waals surface area contributed by atoms with Crippen molar-refractivity contribution in [3.05, 3.63) is 53.3 Å². The van der Waals surface area contributed by atoms with Crippen LogP contribution in [0.25, 0.3) is 22.2 Å². The number of carbonyl (C=O) groups excluding carboxylic acids is 4. The number of aldehydes is 1.